The van der Waals surface area contributed by atoms with E-state index in [1.165, 1.54) is 6.07 Å². The van der Waals surface area contributed by atoms with Crippen molar-refractivity contribution in [3.8, 4) is 0 Å². The highest BCUT2D eigenvalue weighted by molar-refractivity contribution is 6.31. The van der Waals surface area contributed by atoms with Crippen LogP contribution in [0.25, 0.3) is 0 Å². The maximum Gasteiger partial charge on any atom is 0.129 e. The van der Waals surface area contributed by atoms with Crippen molar-refractivity contribution in [2.24, 2.45) is 5.92 Å². The van der Waals surface area contributed by atoms with Gasteiger partial charge in [-0.05, 0) is 38.3 Å². The summed E-state index contributed by atoms with van der Waals surface area (Å²) in [6.07, 6.45) is 1.14. The molecular formula is C17H26ClFN2. The first kappa shape index (κ1) is 16.7. The van der Waals surface area contributed by atoms with Gasteiger partial charge in [-0.2, -0.15) is 0 Å². The minimum absolute atomic E-state index is 0.000903. The Bertz CT molecular complexity index is 467. The zero-order valence-electron chi connectivity index (χ0n) is 13.4. The number of nitrogens with zero attached hydrogens (tertiary/aromatic N) is 1. The third-order valence-corrected chi connectivity index (χ3v) is 4.64. The van der Waals surface area contributed by atoms with E-state index in [1.54, 1.807) is 12.1 Å². The summed E-state index contributed by atoms with van der Waals surface area (Å²) in [7, 11) is 0. The van der Waals surface area contributed by atoms with Gasteiger partial charge in [0.25, 0.3) is 0 Å². The molecule has 0 spiro atoms. The van der Waals surface area contributed by atoms with Crippen LogP contribution in [-0.4, -0.2) is 29.6 Å². The van der Waals surface area contributed by atoms with Crippen LogP contribution in [0, 0.1) is 11.7 Å². The van der Waals surface area contributed by atoms with Gasteiger partial charge in [-0.3, -0.25) is 4.90 Å². The topological polar surface area (TPSA) is 15.3 Å². The molecule has 4 heteroatoms. The highest BCUT2D eigenvalue weighted by Crippen LogP contribution is 2.27. The van der Waals surface area contributed by atoms with Crippen molar-refractivity contribution in [1.82, 2.24) is 10.2 Å². The van der Waals surface area contributed by atoms with Crippen molar-refractivity contribution in [2.75, 3.05) is 13.1 Å². The van der Waals surface area contributed by atoms with Gasteiger partial charge >= 0.3 is 0 Å². The van der Waals surface area contributed by atoms with Crippen LogP contribution in [0.1, 0.15) is 39.7 Å². The molecule has 2 rings (SSSR count). The van der Waals surface area contributed by atoms with E-state index in [4.69, 9.17) is 11.6 Å². The number of hydrogen-bond acceptors (Lipinski definition) is 2. The number of rotatable bonds is 4. The lowest BCUT2D eigenvalue weighted by molar-refractivity contribution is 0.0527. The molecule has 1 fully saturated rings. The molecule has 0 bridgehead atoms. The maximum absolute atomic E-state index is 14.0. The minimum atomic E-state index is -0.211. The van der Waals surface area contributed by atoms with Crippen LogP contribution in [0.4, 0.5) is 4.39 Å². The van der Waals surface area contributed by atoms with Crippen LogP contribution in [0.5, 0.6) is 0 Å². The Morgan fingerprint density at radius 1 is 1.43 bits per heavy atom. The zero-order valence-corrected chi connectivity index (χ0v) is 14.2. The van der Waals surface area contributed by atoms with Crippen LogP contribution >= 0.6 is 11.6 Å². The average molecular weight is 313 g/mol. The summed E-state index contributed by atoms with van der Waals surface area (Å²) in [6, 6.07) is 5.37. The van der Waals surface area contributed by atoms with Crippen LogP contribution in [0.2, 0.25) is 5.02 Å². The third-order valence-electron chi connectivity index (χ3n) is 4.29. The molecular weight excluding hydrogens is 287 g/mol. The molecule has 1 atom stereocenters. The summed E-state index contributed by atoms with van der Waals surface area (Å²) in [6.45, 7) is 11.3. The van der Waals surface area contributed by atoms with Gasteiger partial charge in [0, 0.05) is 41.8 Å². The normalized spacial score (nSPS) is 22.7. The predicted molar refractivity (Wildman–Crippen MR) is 87.1 cm³/mol. The van der Waals surface area contributed by atoms with Gasteiger partial charge in [0.1, 0.15) is 5.82 Å². The second-order valence-corrected chi connectivity index (χ2v) is 7.51. The molecule has 0 amide bonds. The summed E-state index contributed by atoms with van der Waals surface area (Å²) in [5, 5.41) is 4.14. The van der Waals surface area contributed by atoms with E-state index in [2.05, 4.69) is 37.9 Å². The van der Waals surface area contributed by atoms with Gasteiger partial charge in [-0.1, -0.05) is 31.5 Å². The van der Waals surface area contributed by atoms with Crippen molar-refractivity contribution >= 4 is 11.6 Å². The quantitative estimate of drug-likeness (QED) is 0.901. The average Bonchev–Trinajstić information content (AvgIpc) is 2.37. The Kier molecular flexibility index (Phi) is 5.29. The Labute approximate surface area is 132 Å². The molecule has 1 aromatic carbocycles. The lowest BCUT2D eigenvalue weighted by Gasteiger charge is -2.46. The van der Waals surface area contributed by atoms with Crippen LogP contribution in [0.3, 0.4) is 0 Å². The van der Waals surface area contributed by atoms with Gasteiger partial charge < -0.3 is 5.32 Å². The Morgan fingerprint density at radius 2 is 2.14 bits per heavy atom. The summed E-state index contributed by atoms with van der Waals surface area (Å²) >= 11 is 6.18. The predicted octanol–water partition coefficient (Wildman–Crippen LogP) is 4.08. The molecule has 0 aromatic heterocycles. The molecule has 1 N–H and O–H groups in total. The first-order valence-corrected chi connectivity index (χ1v) is 8.08. The van der Waals surface area contributed by atoms with E-state index in [-0.39, 0.29) is 11.4 Å². The van der Waals surface area contributed by atoms with Crippen LogP contribution in [0.15, 0.2) is 18.2 Å². The molecule has 1 aliphatic heterocycles. The molecule has 0 radical (unpaired) electrons. The van der Waals surface area contributed by atoms with Gasteiger partial charge in [-0.15, -0.1) is 0 Å². The molecule has 1 aromatic rings. The van der Waals surface area contributed by atoms with E-state index >= 15 is 0 Å². The van der Waals surface area contributed by atoms with Crippen molar-refractivity contribution in [1.29, 1.82) is 0 Å². The molecule has 0 aliphatic carbocycles. The third kappa shape index (κ3) is 4.18. The van der Waals surface area contributed by atoms with E-state index in [0.717, 1.165) is 19.5 Å². The molecule has 2 nitrogen and oxygen atoms in total. The molecule has 1 heterocycles. The molecule has 1 aliphatic rings. The summed E-state index contributed by atoms with van der Waals surface area (Å²) in [5.41, 5.74) is 0.608. The summed E-state index contributed by atoms with van der Waals surface area (Å²) < 4.78 is 14.0. The van der Waals surface area contributed by atoms with E-state index in [1.807, 2.05) is 0 Å². The molecule has 118 valence electrons. The summed E-state index contributed by atoms with van der Waals surface area (Å²) in [5.74, 6) is 0.444. The highest BCUT2D eigenvalue weighted by atomic mass is 35.5. The SMILES string of the molecule is CC(C)CC1CN(Cc2c(F)cccc2Cl)C(C)(C)CN1. The van der Waals surface area contributed by atoms with Gasteiger partial charge in [0.15, 0.2) is 0 Å². The number of piperazine rings is 1. The second kappa shape index (κ2) is 6.64. The standard InChI is InChI=1S/C17H26ClFN2/c1-12(2)8-13-9-21(17(3,4)11-20-13)10-14-15(18)6-5-7-16(14)19/h5-7,12-13,20H,8-11H2,1-4H3. The zero-order chi connectivity index (χ0) is 15.6. The van der Waals surface area contributed by atoms with Crippen molar-refractivity contribution in [3.05, 3.63) is 34.6 Å². The van der Waals surface area contributed by atoms with Crippen LogP contribution < -0.4 is 5.32 Å². The molecule has 21 heavy (non-hydrogen) atoms. The van der Waals surface area contributed by atoms with E-state index in [9.17, 15) is 4.39 Å². The Hall–Kier alpha value is -0.640. The van der Waals surface area contributed by atoms with E-state index in [0.29, 0.717) is 29.1 Å². The molecule has 0 saturated carbocycles. The Morgan fingerprint density at radius 3 is 2.76 bits per heavy atom. The second-order valence-electron chi connectivity index (χ2n) is 7.10. The monoisotopic (exact) mass is 312 g/mol. The minimum Gasteiger partial charge on any atom is -0.311 e. The number of hydrogen-bond donors (Lipinski definition) is 1. The molecule has 1 unspecified atom stereocenters. The van der Waals surface area contributed by atoms with Gasteiger partial charge in [0.05, 0.1) is 0 Å². The lowest BCUT2D eigenvalue weighted by atomic mass is 9.93. The fraction of sp³-hybridized carbons (Fsp3) is 0.647. The van der Waals surface area contributed by atoms with Gasteiger partial charge in [0.2, 0.25) is 0 Å². The fourth-order valence-corrected chi connectivity index (χ4v) is 3.19. The number of halogens is 2. The molecule has 1 saturated heterocycles. The van der Waals surface area contributed by atoms with Gasteiger partial charge in [-0.25, -0.2) is 4.39 Å². The summed E-state index contributed by atoms with van der Waals surface area (Å²) in [4.78, 5) is 2.35. The van der Waals surface area contributed by atoms with Crippen LogP contribution in [-0.2, 0) is 6.54 Å². The van der Waals surface area contributed by atoms with Crippen molar-refractivity contribution in [3.63, 3.8) is 0 Å². The smallest absolute Gasteiger partial charge is 0.129 e. The Balaban J connectivity index is 2.15. The fourth-order valence-electron chi connectivity index (χ4n) is 2.96. The van der Waals surface area contributed by atoms with E-state index < -0.39 is 0 Å². The lowest BCUT2D eigenvalue weighted by Crippen LogP contribution is -2.61. The maximum atomic E-state index is 14.0. The number of benzene rings is 1. The first-order valence-electron chi connectivity index (χ1n) is 7.71. The van der Waals surface area contributed by atoms with Crippen molar-refractivity contribution < 1.29 is 4.39 Å². The first-order chi connectivity index (χ1) is 9.79. The number of nitrogens with one attached hydrogen (secondary N) is 1. The largest absolute Gasteiger partial charge is 0.311 e. The highest BCUT2D eigenvalue weighted by Gasteiger charge is 2.34. The van der Waals surface area contributed by atoms with Crippen molar-refractivity contribution in [2.45, 2.75) is 52.2 Å².